The second-order valence-electron chi connectivity index (χ2n) is 4.20. The average molecular weight is 374 g/mol. The van der Waals surface area contributed by atoms with Crippen molar-refractivity contribution in [1.82, 2.24) is 4.31 Å². The summed E-state index contributed by atoms with van der Waals surface area (Å²) in [7, 11) is -3.97. The Labute approximate surface area is 125 Å². The van der Waals surface area contributed by atoms with E-state index in [0.29, 0.717) is 0 Å². The van der Waals surface area contributed by atoms with Crippen molar-refractivity contribution in [3.63, 3.8) is 0 Å². The number of nitrogens with two attached hydrogens (primary N) is 1. The standard InChI is InChI=1S/C11H15BrClFN2O2S/c1-4-16(6(2)3)19(17,18)8-5-7(13)9(12)11(15)10(8)14/h5-6H,4,15H2,1-3H3. The molecule has 0 saturated carbocycles. The molecule has 0 spiro atoms. The van der Waals surface area contributed by atoms with E-state index in [1.807, 2.05) is 0 Å². The molecule has 0 amide bonds. The maximum absolute atomic E-state index is 14.1. The highest BCUT2D eigenvalue weighted by Gasteiger charge is 2.30. The first-order valence-electron chi connectivity index (χ1n) is 5.59. The largest absolute Gasteiger partial charge is 0.395 e. The van der Waals surface area contributed by atoms with Gasteiger partial charge in [0.15, 0.2) is 5.82 Å². The smallest absolute Gasteiger partial charge is 0.246 e. The number of sulfonamides is 1. The van der Waals surface area contributed by atoms with E-state index in [0.717, 1.165) is 6.07 Å². The molecule has 0 radical (unpaired) electrons. The molecule has 0 aliphatic carbocycles. The van der Waals surface area contributed by atoms with E-state index in [2.05, 4.69) is 15.9 Å². The molecule has 0 bridgehead atoms. The quantitative estimate of drug-likeness (QED) is 0.651. The van der Waals surface area contributed by atoms with Crippen LogP contribution in [0.1, 0.15) is 20.8 Å². The molecule has 2 N–H and O–H groups in total. The van der Waals surface area contributed by atoms with Crippen molar-refractivity contribution in [3.8, 4) is 0 Å². The maximum atomic E-state index is 14.1. The Kier molecular flexibility index (Phi) is 5.22. The van der Waals surface area contributed by atoms with Gasteiger partial charge >= 0.3 is 0 Å². The highest BCUT2D eigenvalue weighted by molar-refractivity contribution is 9.10. The zero-order valence-corrected chi connectivity index (χ0v) is 13.9. The molecule has 4 nitrogen and oxygen atoms in total. The van der Waals surface area contributed by atoms with Crippen molar-refractivity contribution in [2.24, 2.45) is 0 Å². The van der Waals surface area contributed by atoms with Gasteiger partial charge in [0.25, 0.3) is 0 Å². The van der Waals surface area contributed by atoms with Crippen molar-refractivity contribution in [1.29, 1.82) is 0 Å². The average Bonchev–Trinajstić information content (AvgIpc) is 2.30. The van der Waals surface area contributed by atoms with E-state index in [9.17, 15) is 12.8 Å². The number of benzene rings is 1. The lowest BCUT2D eigenvalue weighted by atomic mass is 10.3. The lowest BCUT2D eigenvalue weighted by Gasteiger charge is -2.25. The summed E-state index contributed by atoms with van der Waals surface area (Å²) in [6.45, 7) is 5.33. The summed E-state index contributed by atoms with van der Waals surface area (Å²) in [6, 6.07) is 0.774. The van der Waals surface area contributed by atoms with Gasteiger partial charge in [-0.2, -0.15) is 4.31 Å². The third-order valence-corrected chi connectivity index (χ3v) is 6.16. The van der Waals surface area contributed by atoms with Crippen LogP contribution in [0.2, 0.25) is 5.02 Å². The summed E-state index contributed by atoms with van der Waals surface area (Å²) in [5.41, 5.74) is 5.19. The number of nitrogens with zero attached hydrogens (tertiary/aromatic N) is 1. The van der Waals surface area contributed by atoms with Crippen molar-refractivity contribution in [2.75, 3.05) is 12.3 Å². The first-order valence-corrected chi connectivity index (χ1v) is 8.20. The fourth-order valence-corrected chi connectivity index (χ4v) is 4.04. The Bertz CT molecular complexity index is 593. The summed E-state index contributed by atoms with van der Waals surface area (Å²) < 4.78 is 40.2. The molecule has 0 saturated heterocycles. The molecule has 0 atom stereocenters. The van der Waals surface area contributed by atoms with Gasteiger partial charge in [-0.25, -0.2) is 12.8 Å². The van der Waals surface area contributed by atoms with E-state index in [1.165, 1.54) is 4.31 Å². The van der Waals surface area contributed by atoms with E-state index in [4.69, 9.17) is 17.3 Å². The van der Waals surface area contributed by atoms with Crippen LogP contribution in [0, 0.1) is 5.82 Å². The molecule has 1 aromatic carbocycles. The van der Waals surface area contributed by atoms with Gasteiger partial charge in [0, 0.05) is 12.6 Å². The molecular formula is C11H15BrClFN2O2S. The molecule has 0 aliphatic heterocycles. The van der Waals surface area contributed by atoms with E-state index >= 15 is 0 Å². The topological polar surface area (TPSA) is 63.4 Å². The van der Waals surface area contributed by atoms with Gasteiger partial charge in [-0.1, -0.05) is 18.5 Å². The van der Waals surface area contributed by atoms with Gasteiger partial charge in [-0.15, -0.1) is 0 Å². The number of halogens is 3. The van der Waals surface area contributed by atoms with Crippen LogP contribution < -0.4 is 5.73 Å². The van der Waals surface area contributed by atoms with Crippen molar-refractivity contribution in [2.45, 2.75) is 31.7 Å². The minimum absolute atomic E-state index is 0.0530. The van der Waals surface area contributed by atoms with Crippen LogP contribution >= 0.6 is 27.5 Å². The molecule has 1 rings (SSSR count). The minimum Gasteiger partial charge on any atom is -0.395 e. The number of anilines is 1. The van der Waals surface area contributed by atoms with Crippen LogP contribution in [-0.2, 0) is 10.0 Å². The van der Waals surface area contributed by atoms with Crippen molar-refractivity contribution < 1.29 is 12.8 Å². The third kappa shape index (κ3) is 3.04. The van der Waals surface area contributed by atoms with Crippen LogP contribution in [0.3, 0.4) is 0 Å². The molecule has 1 aromatic rings. The van der Waals surface area contributed by atoms with Gasteiger partial charge in [0.05, 0.1) is 15.2 Å². The molecule has 0 heterocycles. The summed E-state index contributed by atoms with van der Waals surface area (Å²) in [4.78, 5) is -0.506. The van der Waals surface area contributed by atoms with Gasteiger partial charge in [0.2, 0.25) is 10.0 Å². The number of nitrogen functional groups attached to an aromatic ring is 1. The highest BCUT2D eigenvalue weighted by atomic mass is 79.9. The molecule has 19 heavy (non-hydrogen) atoms. The Morgan fingerprint density at radius 1 is 1.53 bits per heavy atom. The Hall–Kier alpha value is -0.370. The van der Waals surface area contributed by atoms with Gasteiger partial charge < -0.3 is 5.73 Å². The summed E-state index contributed by atoms with van der Waals surface area (Å²) >= 11 is 8.86. The second kappa shape index (κ2) is 5.95. The van der Waals surface area contributed by atoms with Gasteiger partial charge in [-0.3, -0.25) is 0 Å². The molecule has 0 unspecified atom stereocenters. The first-order chi connectivity index (χ1) is 8.64. The Morgan fingerprint density at radius 2 is 2.05 bits per heavy atom. The molecule has 8 heteroatoms. The summed E-state index contributed by atoms with van der Waals surface area (Å²) in [5.74, 6) is -0.990. The highest BCUT2D eigenvalue weighted by Crippen LogP contribution is 2.35. The Balaban J connectivity index is 3.54. The normalized spacial score (nSPS) is 12.4. The SMILES string of the molecule is CCN(C(C)C)S(=O)(=O)c1cc(Cl)c(Br)c(N)c1F. The number of hydrogen-bond donors (Lipinski definition) is 1. The van der Waals surface area contributed by atoms with Crippen molar-refractivity contribution in [3.05, 3.63) is 21.4 Å². The van der Waals surface area contributed by atoms with Crippen LogP contribution in [-0.4, -0.2) is 25.3 Å². The maximum Gasteiger partial charge on any atom is 0.246 e. The summed E-state index contributed by atoms with van der Waals surface area (Å²) in [5, 5.41) is 0.0530. The Morgan fingerprint density at radius 3 is 2.47 bits per heavy atom. The fraction of sp³-hybridized carbons (Fsp3) is 0.455. The third-order valence-electron chi connectivity index (χ3n) is 2.63. The fourth-order valence-electron chi connectivity index (χ4n) is 1.73. The lowest BCUT2D eigenvalue weighted by molar-refractivity contribution is 0.367. The zero-order chi connectivity index (χ0) is 15.0. The molecular weight excluding hydrogens is 359 g/mol. The molecule has 0 fully saturated rings. The van der Waals surface area contributed by atoms with Crippen LogP contribution in [0.4, 0.5) is 10.1 Å². The van der Waals surface area contributed by atoms with Crippen LogP contribution in [0.25, 0.3) is 0 Å². The lowest BCUT2D eigenvalue weighted by Crippen LogP contribution is -2.37. The predicted molar refractivity (Wildman–Crippen MR) is 78.2 cm³/mol. The zero-order valence-electron chi connectivity index (χ0n) is 10.7. The van der Waals surface area contributed by atoms with Gasteiger partial charge in [0.1, 0.15) is 4.90 Å². The summed E-state index contributed by atoms with van der Waals surface area (Å²) in [6.07, 6.45) is 0. The minimum atomic E-state index is -3.97. The monoisotopic (exact) mass is 372 g/mol. The first kappa shape index (κ1) is 16.7. The second-order valence-corrected chi connectivity index (χ2v) is 7.26. The van der Waals surface area contributed by atoms with Crippen LogP contribution in [0.5, 0.6) is 0 Å². The van der Waals surface area contributed by atoms with E-state index < -0.39 is 20.7 Å². The molecule has 0 aromatic heterocycles. The van der Waals surface area contributed by atoms with Crippen molar-refractivity contribution >= 4 is 43.2 Å². The molecule has 0 aliphatic rings. The molecule has 108 valence electrons. The number of rotatable bonds is 4. The van der Waals surface area contributed by atoms with Crippen LogP contribution in [0.15, 0.2) is 15.4 Å². The predicted octanol–water partition coefficient (Wildman–Crippen LogP) is 3.24. The van der Waals surface area contributed by atoms with E-state index in [-0.39, 0.29) is 27.8 Å². The van der Waals surface area contributed by atoms with E-state index in [1.54, 1.807) is 20.8 Å². The number of hydrogen-bond acceptors (Lipinski definition) is 3. The van der Waals surface area contributed by atoms with Gasteiger partial charge in [-0.05, 0) is 35.8 Å².